The van der Waals surface area contributed by atoms with E-state index < -0.39 is 0 Å². The van der Waals surface area contributed by atoms with E-state index >= 15 is 0 Å². The lowest BCUT2D eigenvalue weighted by Crippen LogP contribution is -2.45. The van der Waals surface area contributed by atoms with Crippen molar-refractivity contribution in [2.24, 2.45) is 5.92 Å². The standard InChI is InChI=1S/C17H26N2O3/c1-12-6-5-9-19(11-12)17(20)18-13(2)15-8-7-14(21-3)10-16(15)22-4/h7-8,10,12-13H,5-6,9,11H2,1-4H3,(H,18,20). The highest BCUT2D eigenvalue weighted by Gasteiger charge is 2.23. The molecular formula is C17H26N2O3. The molecule has 2 rings (SSSR count). The fourth-order valence-electron chi connectivity index (χ4n) is 2.90. The molecule has 1 aliphatic heterocycles. The smallest absolute Gasteiger partial charge is 0.317 e. The molecule has 22 heavy (non-hydrogen) atoms. The summed E-state index contributed by atoms with van der Waals surface area (Å²) in [6, 6.07) is 5.52. The first kappa shape index (κ1) is 16.5. The highest BCUT2D eigenvalue weighted by Crippen LogP contribution is 2.29. The minimum atomic E-state index is -0.120. The normalized spacial score (nSPS) is 19.5. The van der Waals surface area contributed by atoms with Crippen LogP contribution in [0, 0.1) is 5.92 Å². The molecule has 0 bridgehead atoms. The van der Waals surface area contributed by atoms with Crippen molar-refractivity contribution in [3.8, 4) is 11.5 Å². The van der Waals surface area contributed by atoms with Crippen LogP contribution in [0.25, 0.3) is 0 Å². The third kappa shape index (κ3) is 3.84. The van der Waals surface area contributed by atoms with Gasteiger partial charge in [-0.05, 0) is 37.8 Å². The molecule has 0 saturated carbocycles. The fraction of sp³-hybridized carbons (Fsp3) is 0.588. The summed E-state index contributed by atoms with van der Waals surface area (Å²) in [5.74, 6) is 2.04. The molecule has 5 nitrogen and oxygen atoms in total. The van der Waals surface area contributed by atoms with Crippen molar-refractivity contribution >= 4 is 6.03 Å². The van der Waals surface area contributed by atoms with Crippen molar-refractivity contribution in [2.75, 3.05) is 27.3 Å². The SMILES string of the molecule is COc1ccc(C(C)NC(=O)N2CCCC(C)C2)c(OC)c1. The predicted octanol–water partition coefficient (Wildman–Crippen LogP) is 3.21. The number of amides is 2. The maximum absolute atomic E-state index is 12.4. The van der Waals surface area contributed by atoms with Gasteiger partial charge < -0.3 is 19.7 Å². The number of rotatable bonds is 4. The van der Waals surface area contributed by atoms with E-state index in [9.17, 15) is 4.79 Å². The molecule has 1 aromatic rings. The number of likely N-dealkylation sites (tertiary alicyclic amines) is 1. The second-order valence-electron chi connectivity index (χ2n) is 5.97. The Morgan fingerprint density at radius 3 is 2.77 bits per heavy atom. The van der Waals surface area contributed by atoms with E-state index in [-0.39, 0.29) is 12.1 Å². The molecule has 1 fully saturated rings. The van der Waals surface area contributed by atoms with Gasteiger partial charge in [-0.1, -0.05) is 6.92 Å². The van der Waals surface area contributed by atoms with Gasteiger partial charge in [-0.25, -0.2) is 4.79 Å². The molecule has 2 unspecified atom stereocenters. The Kier molecular flexibility index (Phi) is 5.52. The van der Waals surface area contributed by atoms with Gasteiger partial charge in [0.2, 0.25) is 0 Å². The minimum absolute atomic E-state index is 0.00285. The Labute approximate surface area is 132 Å². The summed E-state index contributed by atoms with van der Waals surface area (Å²) >= 11 is 0. The largest absolute Gasteiger partial charge is 0.497 e. The zero-order valence-corrected chi connectivity index (χ0v) is 13.9. The van der Waals surface area contributed by atoms with Crippen LogP contribution in [0.1, 0.15) is 38.3 Å². The van der Waals surface area contributed by atoms with Crippen LogP contribution in [0.4, 0.5) is 4.79 Å². The molecule has 0 aliphatic carbocycles. The first-order chi connectivity index (χ1) is 10.5. The molecule has 1 N–H and O–H groups in total. The highest BCUT2D eigenvalue weighted by molar-refractivity contribution is 5.75. The second-order valence-corrected chi connectivity index (χ2v) is 5.97. The molecule has 122 valence electrons. The summed E-state index contributed by atoms with van der Waals surface area (Å²) in [6.45, 7) is 5.83. The van der Waals surface area contributed by atoms with Crippen molar-refractivity contribution in [1.82, 2.24) is 10.2 Å². The van der Waals surface area contributed by atoms with Crippen molar-refractivity contribution in [3.05, 3.63) is 23.8 Å². The fourth-order valence-corrected chi connectivity index (χ4v) is 2.90. The molecule has 0 spiro atoms. The molecule has 2 amide bonds. The molecular weight excluding hydrogens is 280 g/mol. The number of carbonyl (C=O) groups excluding carboxylic acids is 1. The summed E-state index contributed by atoms with van der Waals surface area (Å²) in [4.78, 5) is 14.3. The molecule has 1 saturated heterocycles. The monoisotopic (exact) mass is 306 g/mol. The van der Waals surface area contributed by atoms with Crippen LogP contribution in [0.2, 0.25) is 0 Å². The highest BCUT2D eigenvalue weighted by atomic mass is 16.5. The van der Waals surface area contributed by atoms with Crippen LogP contribution in [-0.4, -0.2) is 38.2 Å². The van der Waals surface area contributed by atoms with Gasteiger partial charge in [0.05, 0.1) is 20.3 Å². The van der Waals surface area contributed by atoms with Gasteiger partial charge in [0, 0.05) is 24.7 Å². The van der Waals surface area contributed by atoms with E-state index in [1.54, 1.807) is 14.2 Å². The number of piperidine rings is 1. The van der Waals surface area contributed by atoms with Crippen molar-refractivity contribution in [1.29, 1.82) is 0 Å². The van der Waals surface area contributed by atoms with E-state index in [0.717, 1.165) is 36.6 Å². The number of urea groups is 1. The topological polar surface area (TPSA) is 50.8 Å². The Morgan fingerprint density at radius 2 is 2.14 bits per heavy atom. The summed E-state index contributed by atoms with van der Waals surface area (Å²) in [5.41, 5.74) is 0.946. The number of nitrogens with one attached hydrogen (secondary N) is 1. The third-order valence-corrected chi connectivity index (χ3v) is 4.19. The second kappa shape index (κ2) is 7.38. The number of hydrogen-bond acceptors (Lipinski definition) is 3. The van der Waals surface area contributed by atoms with Crippen molar-refractivity contribution in [3.63, 3.8) is 0 Å². The van der Waals surface area contributed by atoms with Gasteiger partial charge >= 0.3 is 6.03 Å². The number of carbonyl (C=O) groups is 1. The lowest BCUT2D eigenvalue weighted by molar-refractivity contribution is 0.167. The van der Waals surface area contributed by atoms with Crippen LogP contribution in [0.3, 0.4) is 0 Å². The maximum Gasteiger partial charge on any atom is 0.317 e. The van der Waals surface area contributed by atoms with Crippen molar-refractivity contribution < 1.29 is 14.3 Å². The van der Waals surface area contributed by atoms with Crippen LogP contribution in [0.5, 0.6) is 11.5 Å². The number of nitrogens with zero attached hydrogens (tertiary/aromatic N) is 1. The predicted molar refractivity (Wildman–Crippen MR) is 86.5 cm³/mol. The Bertz CT molecular complexity index is 519. The number of methoxy groups -OCH3 is 2. The zero-order chi connectivity index (χ0) is 16.1. The molecule has 1 heterocycles. The summed E-state index contributed by atoms with van der Waals surface area (Å²) in [5, 5.41) is 3.06. The minimum Gasteiger partial charge on any atom is -0.497 e. The maximum atomic E-state index is 12.4. The average molecular weight is 306 g/mol. The summed E-state index contributed by atoms with van der Waals surface area (Å²) in [7, 11) is 3.25. The first-order valence-corrected chi connectivity index (χ1v) is 7.82. The zero-order valence-electron chi connectivity index (χ0n) is 13.9. The molecule has 0 radical (unpaired) electrons. The van der Waals surface area contributed by atoms with Crippen molar-refractivity contribution in [2.45, 2.75) is 32.7 Å². The number of benzene rings is 1. The van der Waals surface area contributed by atoms with E-state index in [0.29, 0.717) is 5.92 Å². The molecule has 0 aromatic heterocycles. The van der Waals surface area contributed by atoms with E-state index in [4.69, 9.17) is 9.47 Å². The van der Waals surface area contributed by atoms with Crippen LogP contribution in [0.15, 0.2) is 18.2 Å². The van der Waals surface area contributed by atoms with E-state index in [2.05, 4.69) is 12.2 Å². The lowest BCUT2D eigenvalue weighted by Gasteiger charge is -2.32. The van der Waals surface area contributed by atoms with Gasteiger partial charge in [-0.3, -0.25) is 0 Å². The van der Waals surface area contributed by atoms with Crippen LogP contribution in [-0.2, 0) is 0 Å². The quantitative estimate of drug-likeness (QED) is 0.929. The molecule has 1 aromatic carbocycles. The van der Waals surface area contributed by atoms with E-state index in [1.807, 2.05) is 30.0 Å². The van der Waals surface area contributed by atoms with Crippen LogP contribution >= 0.6 is 0 Å². The molecule has 1 aliphatic rings. The number of ether oxygens (including phenoxy) is 2. The van der Waals surface area contributed by atoms with Gasteiger partial charge in [-0.15, -0.1) is 0 Å². The van der Waals surface area contributed by atoms with Crippen LogP contribution < -0.4 is 14.8 Å². The lowest BCUT2D eigenvalue weighted by atomic mass is 10.0. The average Bonchev–Trinajstić information content (AvgIpc) is 2.54. The van der Waals surface area contributed by atoms with Gasteiger partial charge in [0.1, 0.15) is 11.5 Å². The first-order valence-electron chi connectivity index (χ1n) is 7.82. The van der Waals surface area contributed by atoms with Gasteiger partial charge in [-0.2, -0.15) is 0 Å². The molecule has 2 atom stereocenters. The third-order valence-electron chi connectivity index (χ3n) is 4.19. The summed E-state index contributed by atoms with van der Waals surface area (Å²) < 4.78 is 10.6. The van der Waals surface area contributed by atoms with Gasteiger partial charge in [0.25, 0.3) is 0 Å². The Morgan fingerprint density at radius 1 is 1.36 bits per heavy atom. The van der Waals surface area contributed by atoms with E-state index in [1.165, 1.54) is 6.42 Å². The molecule has 5 heteroatoms. The summed E-state index contributed by atoms with van der Waals surface area (Å²) in [6.07, 6.45) is 2.28. The number of hydrogen-bond donors (Lipinski definition) is 1. The Hall–Kier alpha value is -1.91. The Balaban J connectivity index is 2.05. The van der Waals surface area contributed by atoms with Gasteiger partial charge in [0.15, 0.2) is 0 Å².